The summed E-state index contributed by atoms with van der Waals surface area (Å²) in [5.41, 5.74) is 1.90. The summed E-state index contributed by atoms with van der Waals surface area (Å²) in [6, 6.07) is 11.8. The molecule has 5 nitrogen and oxygen atoms in total. The number of ether oxygens (including phenoxy) is 2. The van der Waals surface area contributed by atoms with Crippen LogP contribution in [0.4, 0.5) is 0 Å². The number of amides is 1. The lowest BCUT2D eigenvalue weighted by Crippen LogP contribution is -2.35. The molecule has 4 rings (SSSR count). The zero-order valence-corrected chi connectivity index (χ0v) is 19.2. The summed E-state index contributed by atoms with van der Waals surface area (Å²) in [7, 11) is 0. The monoisotopic (exact) mass is 454 g/mol. The van der Waals surface area contributed by atoms with Crippen LogP contribution in [0, 0.1) is 6.92 Å². The van der Waals surface area contributed by atoms with E-state index in [1.54, 1.807) is 28.7 Å². The molecule has 3 aromatic rings. The maximum atomic E-state index is 12.9. The molecule has 7 heteroatoms. The van der Waals surface area contributed by atoms with E-state index in [9.17, 15) is 4.79 Å². The average Bonchev–Trinajstić information content (AvgIpc) is 3.55. The Morgan fingerprint density at radius 2 is 2.16 bits per heavy atom. The standard InChI is InChI=1S/C24H26N2O3S2/c1-18-25-20(17-31-18)16-29-21-9-6-19(7-10-21)8-11-24(27)26(14-22-4-2-12-28-22)15-23-5-3-13-30-23/h3,5-11,13,17,22H,2,4,12,14-16H2,1H3/b11-8+. The number of rotatable bonds is 9. The molecule has 0 radical (unpaired) electrons. The van der Waals surface area contributed by atoms with E-state index in [-0.39, 0.29) is 12.0 Å². The number of carbonyl (C=O) groups excluding carboxylic acids is 1. The maximum absolute atomic E-state index is 12.9. The third-order valence-corrected chi connectivity index (χ3v) is 6.72. The normalized spacial score (nSPS) is 16.1. The molecule has 1 saturated heterocycles. The number of aryl methyl sites for hydroxylation is 1. The second-order valence-electron chi connectivity index (χ2n) is 7.48. The molecule has 1 aromatic carbocycles. The first-order valence-electron chi connectivity index (χ1n) is 10.4. The van der Waals surface area contributed by atoms with E-state index in [2.05, 4.69) is 11.1 Å². The topological polar surface area (TPSA) is 51.7 Å². The first kappa shape index (κ1) is 21.7. The maximum Gasteiger partial charge on any atom is 0.246 e. The minimum Gasteiger partial charge on any atom is -0.487 e. The van der Waals surface area contributed by atoms with Gasteiger partial charge in [0.25, 0.3) is 0 Å². The zero-order chi connectivity index (χ0) is 21.5. The quantitative estimate of drug-likeness (QED) is 0.411. The third-order valence-electron chi connectivity index (χ3n) is 5.04. The van der Waals surface area contributed by atoms with E-state index < -0.39 is 0 Å². The fourth-order valence-corrected chi connectivity index (χ4v) is 4.75. The Hall–Kier alpha value is -2.48. The number of thiazole rings is 1. The van der Waals surface area contributed by atoms with Crippen LogP contribution in [0.1, 0.15) is 34.0 Å². The number of nitrogens with zero attached hydrogens (tertiary/aromatic N) is 2. The van der Waals surface area contributed by atoms with Gasteiger partial charge in [0.05, 0.1) is 23.4 Å². The number of aromatic nitrogens is 1. The fraction of sp³-hybridized carbons (Fsp3) is 0.333. The Morgan fingerprint density at radius 3 is 2.84 bits per heavy atom. The predicted molar refractivity (Wildman–Crippen MR) is 125 cm³/mol. The summed E-state index contributed by atoms with van der Waals surface area (Å²) < 4.78 is 11.5. The molecule has 1 amide bonds. The molecule has 0 bridgehead atoms. The Morgan fingerprint density at radius 1 is 1.29 bits per heavy atom. The van der Waals surface area contributed by atoms with Crippen LogP contribution >= 0.6 is 22.7 Å². The average molecular weight is 455 g/mol. The lowest BCUT2D eigenvalue weighted by atomic mass is 10.2. The smallest absolute Gasteiger partial charge is 0.246 e. The number of benzene rings is 1. The molecular formula is C24H26N2O3S2. The zero-order valence-electron chi connectivity index (χ0n) is 17.5. The molecule has 2 aromatic heterocycles. The first-order valence-corrected chi connectivity index (χ1v) is 12.2. The van der Waals surface area contributed by atoms with Crippen molar-refractivity contribution in [2.75, 3.05) is 13.2 Å². The lowest BCUT2D eigenvalue weighted by Gasteiger charge is -2.23. The molecule has 1 aliphatic heterocycles. The van der Waals surface area contributed by atoms with Crippen molar-refractivity contribution in [1.82, 2.24) is 9.88 Å². The number of thiophene rings is 1. The van der Waals surface area contributed by atoms with Gasteiger partial charge < -0.3 is 14.4 Å². The van der Waals surface area contributed by atoms with Gasteiger partial charge in [0, 0.05) is 29.5 Å². The molecule has 31 heavy (non-hydrogen) atoms. The van der Waals surface area contributed by atoms with Crippen molar-refractivity contribution >= 4 is 34.7 Å². The van der Waals surface area contributed by atoms with Crippen LogP contribution in [0.3, 0.4) is 0 Å². The summed E-state index contributed by atoms with van der Waals surface area (Å²) in [6.07, 6.45) is 5.72. The predicted octanol–water partition coefficient (Wildman–Crippen LogP) is 5.31. The Balaban J connectivity index is 1.34. The van der Waals surface area contributed by atoms with Crippen LogP contribution in [0.15, 0.2) is 53.2 Å². The highest BCUT2D eigenvalue weighted by atomic mass is 32.1. The van der Waals surface area contributed by atoms with Gasteiger partial charge in [0.2, 0.25) is 5.91 Å². The number of hydrogen-bond acceptors (Lipinski definition) is 6. The van der Waals surface area contributed by atoms with E-state index in [0.717, 1.165) is 41.5 Å². The highest BCUT2D eigenvalue weighted by molar-refractivity contribution is 7.10. The molecule has 1 unspecified atom stereocenters. The van der Waals surface area contributed by atoms with Gasteiger partial charge in [-0.1, -0.05) is 18.2 Å². The summed E-state index contributed by atoms with van der Waals surface area (Å²) in [5, 5.41) is 5.09. The van der Waals surface area contributed by atoms with Gasteiger partial charge in [-0.15, -0.1) is 22.7 Å². The highest BCUT2D eigenvalue weighted by Crippen LogP contribution is 2.19. The molecule has 0 N–H and O–H groups in total. The summed E-state index contributed by atoms with van der Waals surface area (Å²) in [6.45, 7) is 4.48. The first-order chi connectivity index (χ1) is 15.2. The second-order valence-corrected chi connectivity index (χ2v) is 9.58. The van der Waals surface area contributed by atoms with Crippen molar-refractivity contribution in [3.05, 3.63) is 74.4 Å². The third kappa shape index (κ3) is 6.50. The molecule has 162 valence electrons. The van der Waals surface area contributed by atoms with Gasteiger partial charge >= 0.3 is 0 Å². The van der Waals surface area contributed by atoms with E-state index in [1.165, 1.54) is 4.88 Å². The van der Waals surface area contributed by atoms with Gasteiger partial charge in [-0.2, -0.15) is 0 Å². The van der Waals surface area contributed by atoms with Gasteiger partial charge in [0.15, 0.2) is 0 Å². The molecule has 3 heterocycles. The van der Waals surface area contributed by atoms with E-state index >= 15 is 0 Å². The van der Waals surface area contributed by atoms with Crippen molar-refractivity contribution in [2.45, 2.75) is 39.0 Å². The molecule has 0 aliphatic carbocycles. The van der Waals surface area contributed by atoms with Crippen LogP contribution in [0.2, 0.25) is 0 Å². The SMILES string of the molecule is Cc1nc(COc2ccc(/C=C/C(=O)N(Cc3cccs3)CC3CCCO3)cc2)cs1. The molecule has 0 saturated carbocycles. The second kappa shape index (κ2) is 10.7. The van der Waals surface area contributed by atoms with Crippen molar-refractivity contribution in [3.8, 4) is 5.75 Å². The largest absolute Gasteiger partial charge is 0.487 e. The van der Waals surface area contributed by atoms with Crippen LogP contribution in [0.5, 0.6) is 5.75 Å². The Bertz CT molecular complexity index is 990. The van der Waals surface area contributed by atoms with Gasteiger partial charge in [-0.05, 0) is 55.0 Å². The van der Waals surface area contributed by atoms with Gasteiger partial charge in [-0.25, -0.2) is 4.98 Å². The molecule has 1 aliphatic rings. The van der Waals surface area contributed by atoms with Crippen LogP contribution in [-0.4, -0.2) is 35.0 Å². The van der Waals surface area contributed by atoms with E-state index in [0.29, 0.717) is 19.7 Å². The van der Waals surface area contributed by atoms with Crippen molar-refractivity contribution < 1.29 is 14.3 Å². The lowest BCUT2D eigenvalue weighted by molar-refractivity contribution is -0.128. The van der Waals surface area contributed by atoms with Crippen molar-refractivity contribution in [2.24, 2.45) is 0 Å². The minimum atomic E-state index is 0.00290. The van der Waals surface area contributed by atoms with Crippen LogP contribution < -0.4 is 4.74 Å². The summed E-state index contributed by atoms with van der Waals surface area (Å²) in [4.78, 5) is 20.4. The fourth-order valence-electron chi connectivity index (χ4n) is 3.44. The van der Waals surface area contributed by atoms with Gasteiger partial charge in [-0.3, -0.25) is 4.79 Å². The van der Waals surface area contributed by atoms with E-state index in [4.69, 9.17) is 9.47 Å². The van der Waals surface area contributed by atoms with Crippen molar-refractivity contribution in [3.63, 3.8) is 0 Å². The molecule has 1 fully saturated rings. The minimum absolute atomic E-state index is 0.00290. The van der Waals surface area contributed by atoms with Gasteiger partial charge in [0.1, 0.15) is 12.4 Å². The number of carbonyl (C=O) groups is 1. The van der Waals surface area contributed by atoms with Crippen LogP contribution in [-0.2, 0) is 22.7 Å². The van der Waals surface area contributed by atoms with E-state index in [1.807, 2.05) is 59.0 Å². The Labute approximate surface area is 191 Å². The van der Waals surface area contributed by atoms with Crippen molar-refractivity contribution in [1.29, 1.82) is 0 Å². The molecular weight excluding hydrogens is 428 g/mol. The highest BCUT2D eigenvalue weighted by Gasteiger charge is 2.22. The Kier molecular flexibility index (Phi) is 7.51. The van der Waals surface area contributed by atoms with Crippen LogP contribution in [0.25, 0.3) is 6.08 Å². The summed E-state index contributed by atoms with van der Waals surface area (Å²) in [5.74, 6) is 0.787. The number of hydrogen-bond donors (Lipinski definition) is 0. The molecule has 0 spiro atoms. The molecule has 1 atom stereocenters. The summed E-state index contributed by atoms with van der Waals surface area (Å²) >= 11 is 3.29.